The third-order valence-electron chi connectivity index (χ3n) is 7.30. The molecule has 2 aromatic carbocycles. The van der Waals surface area contributed by atoms with E-state index >= 15 is 0 Å². The molecule has 0 amide bonds. The van der Waals surface area contributed by atoms with E-state index in [9.17, 15) is 0 Å². The molecular formula is C31H40Cl2Zr. The van der Waals surface area contributed by atoms with Crippen LogP contribution in [0.3, 0.4) is 0 Å². The molecule has 2 aliphatic carbocycles. The van der Waals surface area contributed by atoms with Crippen molar-refractivity contribution in [3.05, 3.63) is 73.6 Å². The van der Waals surface area contributed by atoms with Gasteiger partial charge in [-0.1, -0.05) is 0 Å². The minimum Gasteiger partial charge on any atom is -1.00 e. The normalized spacial score (nSPS) is 15.8. The van der Waals surface area contributed by atoms with E-state index in [4.69, 9.17) is 0 Å². The maximum absolute atomic E-state index is 2.66. The van der Waals surface area contributed by atoms with Crippen LogP contribution < -0.4 is 28.1 Å². The minimum atomic E-state index is -2.19. The van der Waals surface area contributed by atoms with Crippen molar-refractivity contribution in [2.75, 3.05) is 0 Å². The average molecular weight is 575 g/mol. The van der Waals surface area contributed by atoms with E-state index < -0.39 is 21.3 Å². The van der Waals surface area contributed by atoms with E-state index in [1.54, 1.807) is 17.6 Å². The molecule has 0 N–H and O–H groups in total. The number of benzene rings is 2. The first-order chi connectivity index (χ1) is 15.1. The van der Waals surface area contributed by atoms with Gasteiger partial charge in [0.05, 0.1) is 0 Å². The molecule has 0 spiro atoms. The van der Waals surface area contributed by atoms with E-state index in [-0.39, 0.29) is 30.2 Å². The number of hydrogen-bond acceptors (Lipinski definition) is 0. The molecule has 0 saturated carbocycles. The fourth-order valence-electron chi connectivity index (χ4n) is 5.57. The van der Waals surface area contributed by atoms with E-state index in [1.807, 2.05) is 3.28 Å². The molecule has 34 heavy (non-hydrogen) atoms. The first-order valence-corrected chi connectivity index (χ1v) is 16.1. The molecule has 0 nitrogen and oxygen atoms in total. The molecular weight excluding hydrogens is 534 g/mol. The Bertz CT molecular complexity index is 1150. The van der Waals surface area contributed by atoms with Gasteiger partial charge in [-0.25, -0.2) is 0 Å². The molecule has 2 aliphatic rings. The molecule has 2 aromatic rings. The topological polar surface area (TPSA) is 0 Å². The first-order valence-electron chi connectivity index (χ1n) is 12.5. The second-order valence-electron chi connectivity index (χ2n) is 11.2. The third-order valence-corrected chi connectivity index (χ3v) is 15.4. The summed E-state index contributed by atoms with van der Waals surface area (Å²) >= 11 is -2.19. The predicted molar refractivity (Wildman–Crippen MR) is 139 cm³/mol. The summed E-state index contributed by atoms with van der Waals surface area (Å²) in [6, 6.07) is 11.9. The zero-order chi connectivity index (χ0) is 23.2. The Balaban J connectivity index is 0.00000204. The van der Waals surface area contributed by atoms with E-state index in [0.29, 0.717) is 5.92 Å². The quantitative estimate of drug-likeness (QED) is 0.438. The molecule has 182 valence electrons. The molecule has 4 rings (SSSR count). The van der Waals surface area contributed by atoms with E-state index in [1.165, 1.54) is 47.1 Å². The summed E-state index contributed by atoms with van der Waals surface area (Å²) < 4.78 is 5.32. The maximum Gasteiger partial charge on any atom is -1.00 e. The van der Waals surface area contributed by atoms with Crippen molar-refractivity contribution < 1.29 is 46.1 Å². The summed E-state index contributed by atoms with van der Waals surface area (Å²) in [5.74, 6) is 0.648. The molecule has 0 aliphatic heterocycles. The van der Waals surface area contributed by atoms with Gasteiger partial charge in [0.25, 0.3) is 0 Å². The third kappa shape index (κ3) is 5.63. The summed E-state index contributed by atoms with van der Waals surface area (Å²) in [7, 11) is 0. The number of rotatable bonds is 5. The largest absolute Gasteiger partial charge is 1.00 e. The van der Waals surface area contributed by atoms with Gasteiger partial charge in [-0.05, 0) is 0 Å². The Hall–Kier alpha value is -0.747. The van der Waals surface area contributed by atoms with Crippen LogP contribution in [0.15, 0.2) is 51.3 Å². The molecule has 0 heterocycles. The zero-order valence-electron chi connectivity index (χ0n) is 22.2. The van der Waals surface area contributed by atoms with Crippen LogP contribution in [0.4, 0.5) is 0 Å². The first kappa shape index (κ1) is 29.5. The van der Waals surface area contributed by atoms with Crippen LogP contribution in [0, 0.1) is 25.2 Å². The SMILES string of the molecule is CCCCC1C=C(C(C)(C)C)C=[C]1[Zr+2](=[C](C)C)[c]1c(C)ccc2c1Cc1cc(C)ccc1-2.[Cl-].[Cl-]. The van der Waals surface area contributed by atoms with E-state index in [2.05, 4.69) is 97.9 Å². The number of hydrogen-bond donors (Lipinski definition) is 0. The maximum atomic E-state index is 2.66. The van der Waals surface area contributed by atoms with Gasteiger partial charge in [0.15, 0.2) is 0 Å². The Morgan fingerprint density at radius 1 is 1.00 bits per heavy atom. The molecule has 0 aromatic heterocycles. The van der Waals surface area contributed by atoms with Crippen molar-refractivity contribution in [3.63, 3.8) is 0 Å². The average Bonchev–Trinajstić information content (AvgIpc) is 3.29. The summed E-state index contributed by atoms with van der Waals surface area (Å²) in [6.07, 6.45) is 10.3. The fourth-order valence-corrected chi connectivity index (χ4v) is 13.6. The van der Waals surface area contributed by atoms with Crippen LogP contribution in [-0.2, 0) is 27.7 Å². The fraction of sp³-hybridized carbons (Fsp3) is 0.452. The molecule has 0 saturated heterocycles. The Kier molecular flexibility index (Phi) is 10.0. The molecule has 1 atom stereocenters. The summed E-state index contributed by atoms with van der Waals surface area (Å²) in [6.45, 7) is 18.9. The van der Waals surface area contributed by atoms with Crippen LogP contribution in [-0.4, -0.2) is 3.21 Å². The molecule has 3 heteroatoms. The molecule has 0 bridgehead atoms. The predicted octanol–water partition coefficient (Wildman–Crippen LogP) is 2.01. The summed E-state index contributed by atoms with van der Waals surface area (Å²) in [5.41, 5.74) is 10.9. The smallest absolute Gasteiger partial charge is 1.00 e. The van der Waals surface area contributed by atoms with Crippen molar-refractivity contribution in [2.24, 2.45) is 11.3 Å². The van der Waals surface area contributed by atoms with Gasteiger partial charge in [0, 0.05) is 0 Å². The van der Waals surface area contributed by atoms with Gasteiger partial charge in [-0.2, -0.15) is 0 Å². The Labute approximate surface area is 228 Å². The molecule has 0 fully saturated rings. The van der Waals surface area contributed by atoms with Crippen molar-refractivity contribution in [2.45, 2.75) is 81.1 Å². The van der Waals surface area contributed by atoms with Crippen LogP contribution in [0.25, 0.3) is 11.1 Å². The zero-order valence-corrected chi connectivity index (χ0v) is 26.2. The van der Waals surface area contributed by atoms with Gasteiger partial charge in [-0.3, -0.25) is 0 Å². The van der Waals surface area contributed by atoms with Gasteiger partial charge in [0.2, 0.25) is 0 Å². The number of unbranched alkanes of at least 4 members (excludes halogenated alkanes) is 1. The molecule has 0 radical (unpaired) electrons. The Morgan fingerprint density at radius 2 is 1.68 bits per heavy atom. The monoisotopic (exact) mass is 572 g/mol. The number of fused-ring (bicyclic) bond motifs is 3. The second-order valence-corrected chi connectivity index (χ2v) is 18.2. The number of allylic oxidation sites excluding steroid dienone is 4. The van der Waals surface area contributed by atoms with Crippen molar-refractivity contribution in [3.8, 4) is 11.1 Å². The van der Waals surface area contributed by atoms with Gasteiger partial charge in [0.1, 0.15) is 0 Å². The second kappa shape index (κ2) is 11.5. The summed E-state index contributed by atoms with van der Waals surface area (Å²) in [4.78, 5) is 0. The van der Waals surface area contributed by atoms with Crippen LogP contribution in [0.1, 0.15) is 83.1 Å². The molecule has 1 unspecified atom stereocenters. The van der Waals surface area contributed by atoms with E-state index in [0.717, 1.165) is 6.42 Å². The van der Waals surface area contributed by atoms with Crippen LogP contribution in [0.2, 0.25) is 0 Å². The Morgan fingerprint density at radius 3 is 2.29 bits per heavy atom. The van der Waals surface area contributed by atoms with Crippen molar-refractivity contribution in [1.82, 2.24) is 0 Å². The minimum absolute atomic E-state index is 0. The standard InChI is InChI=1S/C15H13.C13H21.C3H6.2ClH.Zr/c1-10-3-5-14-12(7-10)9-13-8-11(2)4-6-15(13)14;1-5-6-7-11-8-9-12(10-11)13(2,3)4;1-3-2;;;/h3-7H,9H2,1-2H3;9-11H,5-7H2,1-4H3;1-2H3;2*1H;/q;;;;;+2/p-2. The van der Waals surface area contributed by atoms with Crippen molar-refractivity contribution in [1.29, 1.82) is 0 Å². The van der Waals surface area contributed by atoms with Gasteiger partial charge in [-0.15, -0.1) is 0 Å². The van der Waals surface area contributed by atoms with Crippen LogP contribution in [0.5, 0.6) is 0 Å². The van der Waals surface area contributed by atoms with Crippen molar-refractivity contribution >= 4 is 6.48 Å². The summed E-state index contributed by atoms with van der Waals surface area (Å²) in [5, 5.41) is 0. The number of halogens is 2. The van der Waals surface area contributed by atoms with Crippen LogP contribution >= 0.6 is 0 Å². The number of aryl methyl sites for hydroxylation is 2. The van der Waals surface area contributed by atoms with Gasteiger partial charge < -0.3 is 24.8 Å². The van der Waals surface area contributed by atoms with Gasteiger partial charge >= 0.3 is 205 Å².